The largest absolute Gasteiger partial charge is 0.390 e. The lowest BCUT2D eigenvalue weighted by atomic mass is 10.1. The number of aliphatic hydroxyl groups is 1. The van der Waals surface area contributed by atoms with Gasteiger partial charge in [-0.25, -0.2) is 0 Å². The van der Waals surface area contributed by atoms with Gasteiger partial charge in [0.25, 0.3) is 0 Å². The number of aromatic nitrogens is 2. The Bertz CT molecular complexity index is 412. The molecule has 2 heterocycles. The second-order valence-electron chi connectivity index (χ2n) is 6.06. The summed E-state index contributed by atoms with van der Waals surface area (Å²) >= 11 is 0. The molecule has 2 aliphatic rings. The smallest absolute Gasteiger partial charge is 0.0857 e. The average molecular weight is 264 g/mol. The zero-order valence-corrected chi connectivity index (χ0v) is 11.7. The van der Waals surface area contributed by atoms with Gasteiger partial charge in [0.2, 0.25) is 0 Å². The molecule has 4 nitrogen and oxygen atoms in total. The van der Waals surface area contributed by atoms with Crippen molar-refractivity contribution in [2.24, 2.45) is 0 Å². The summed E-state index contributed by atoms with van der Waals surface area (Å²) in [6, 6.07) is 2.62. The van der Waals surface area contributed by atoms with Gasteiger partial charge < -0.3 is 9.84 Å². The third kappa shape index (κ3) is 3.00. The van der Waals surface area contributed by atoms with Crippen molar-refractivity contribution in [1.29, 1.82) is 0 Å². The van der Waals surface area contributed by atoms with Crippen molar-refractivity contribution in [2.45, 2.75) is 76.2 Å². The maximum Gasteiger partial charge on any atom is 0.0857 e. The molecule has 0 bridgehead atoms. The minimum atomic E-state index is -0.420. The van der Waals surface area contributed by atoms with Crippen LogP contribution in [0.15, 0.2) is 12.3 Å². The van der Waals surface area contributed by atoms with Gasteiger partial charge in [-0.3, -0.25) is 4.68 Å². The summed E-state index contributed by atoms with van der Waals surface area (Å²) in [5.74, 6) is 0. The highest BCUT2D eigenvalue weighted by Crippen LogP contribution is 2.29. The number of nitrogens with zero attached hydrogens (tertiary/aromatic N) is 2. The van der Waals surface area contributed by atoms with Crippen LogP contribution in [-0.2, 0) is 11.2 Å². The van der Waals surface area contributed by atoms with E-state index in [4.69, 9.17) is 4.74 Å². The average Bonchev–Trinajstić information content (AvgIpc) is 3.07. The first-order valence-corrected chi connectivity index (χ1v) is 7.60. The third-order valence-corrected chi connectivity index (χ3v) is 4.47. The first-order chi connectivity index (χ1) is 9.22. The predicted octanol–water partition coefficient (Wildman–Crippen LogP) is 2.47. The van der Waals surface area contributed by atoms with Crippen molar-refractivity contribution < 1.29 is 9.84 Å². The van der Waals surface area contributed by atoms with Crippen LogP contribution in [0.3, 0.4) is 0 Å². The lowest BCUT2D eigenvalue weighted by Crippen LogP contribution is -2.28. The molecule has 106 valence electrons. The van der Waals surface area contributed by atoms with Crippen LogP contribution in [0.25, 0.3) is 0 Å². The van der Waals surface area contributed by atoms with E-state index in [1.54, 1.807) is 0 Å². The molecule has 1 saturated heterocycles. The maximum atomic E-state index is 10.2. The summed E-state index contributed by atoms with van der Waals surface area (Å²) in [5, 5.41) is 14.8. The molecular formula is C15H24N2O2. The van der Waals surface area contributed by atoms with Crippen molar-refractivity contribution in [3.8, 4) is 0 Å². The lowest BCUT2D eigenvalue weighted by molar-refractivity contribution is -0.0282. The van der Waals surface area contributed by atoms with Gasteiger partial charge in [-0.05, 0) is 38.7 Å². The molecule has 3 atom stereocenters. The Labute approximate surface area is 114 Å². The van der Waals surface area contributed by atoms with Crippen molar-refractivity contribution in [3.05, 3.63) is 18.0 Å². The maximum absolute atomic E-state index is 10.2. The first kappa shape index (κ1) is 13.1. The fourth-order valence-electron chi connectivity index (χ4n) is 3.32. The molecule has 0 spiro atoms. The highest BCUT2D eigenvalue weighted by molar-refractivity contribution is 5.03. The Morgan fingerprint density at radius 3 is 2.84 bits per heavy atom. The molecule has 19 heavy (non-hydrogen) atoms. The van der Waals surface area contributed by atoms with Crippen LogP contribution in [0, 0.1) is 0 Å². The summed E-state index contributed by atoms with van der Waals surface area (Å²) in [7, 11) is 0. The molecule has 4 heteroatoms. The Morgan fingerprint density at radius 2 is 2.16 bits per heavy atom. The number of ether oxygens (including phenoxy) is 1. The van der Waals surface area contributed by atoms with Gasteiger partial charge in [-0.15, -0.1) is 0 Å². The zero-order valence-electron chi connectivity index (χ0n) is 11.7. The van der Waals surface area contributed by atoms with Gasteiger partial charge >= 0.3 is 0 Å². The van der Waals surface area contributed by atoms with E-state index in [2.05, 4.69) is 22.9 Å². The molecule has 0 aromatic carbocycles. The summed E-state index contributed by atoms with van der Waals surface area (Å²) in [4.78, 5) is 0. The van der Waals surface area contributed by atoms with Gasteiger partial charge in [0.05, 0.1) is 30.0 Å². The molecule has 1 aliphatic carbocycles. The van der Waals surface area contributed by atoms with E-state index in [9.17, 15) is 5.11 Å². The monoisotopic (exact) mass is 264 g/mol. The minimum absolute atomic E-state index is 0.00775. The normalized spacial score (nSPS) is 30.0. The molecule has 1 aromatic rings. The van der Waals surface area contributed by atoms with Crippen LogP contribution >= 0.6 is 0 Å². The molecule has 3 unspecified atom stereocenters. The quantitative estimate of drug-likeness (QED) is 0.908. The molecule has 1 N–H and O–H groups in total. The van der Waals surface area contributed by atoms with Crippen molar-refractivity contribution in [3.63, 3.8) is 0 Å². The van der Waals surface area contributed by atoms with Gasteiger partial charge in [0, 0.05) is 12.6 Å². The van der Waals surface area contributed by atoms with Crippen molar-refractivity contribution in [1.82, 2.24) is 9.78 Å². The third-order valence-electron chi connectivity index (χ3n) is 4.47. The predicted molar refractivity (Wildman–Crippen MR) is 73.0 cm³/mol. The van der Waals surface area contributed by atoms with Crippen LogP contribution in [0.5, 0.6) is 0 Å². The molecular weight excluding hydrogens is 240 g/mol. The summed E-state index contributed by atoms with van der Waals surface area (Å²) in [6.45, 7) is 2.07. The Kier molecular flexibility index (Phi) is 3.89. The van der Waals surface area contributed by atoms with E-state index in [-0.39, 0.29) is 12.2 Å². The van der Waals surface area contributed by atoms with E-state index in [0.717, 1.165) is 18.5 Å². The van der Waals surface area contributed by atoms with Crippen molar-refractivity contribution >= 4 is 0 Å². The number of hydrogen-bond donors (Lipinski definition) is 1. The Morgan fingerprint density at radius 1 is 1.37 bits per heavy atom. The standard InChI is InChI=1S/C15H24N2O2/c1-11-6-7-15(19-11)14(18)10-12-8-9-17(16-12)13-4-2-3-5-13/h8-9,11,13-15,18H,2-7,10H2,1H3. The second kappa shape index (κ2) is 5.63. The Balaban J connectivity index is 1.57. The van der Waals surface area contributed by atoms with Gasteiger partial charge in [0.15, 0.2) is 0 Å². The van der Waals surface area contributed by atoms with Gasteiger partial charge in [-0.2, -0.15) is 5.10 Å². The molecule has 3 rings (SSSR count). The molecule has 1 aliphatic heterocycles. The van der Waals surface area contributed by atoms with E-state index in [1.165, 1.54) is 25.7 Å². The number of rotatable bonds is 4. The van der Waals surface area contributed by atoms with Crippen molar-refractivity contribution in [2.75, 3.05) is 0 Å². The van der Waals surface area contributed by atoms with Crippen LogP contribution in [0.2, 0.25) is 0 Å². The fourth-order valence-corrected chi connectivity index (χ4v) is 3.32. The highest BCUT2D eigenvalue weighted by Gasteiger charge is 2.29. The zero-order chi connectivity index (χ0) is 13.2. The fraction of sp³-hybridized carbons (Fsp3) is 0.800. The molecule has 2 fully saturated rings. The van der Waals surface area contributed by atoms with E-state index in [0.29, 0.717) is 12.5 Å². The highest BCUT2D eigenvalue weighted by atomic mass is 16.5. The second-order valence-corrected chi connectivity index (χ2v) is 6.06. The summed E-state index contributed by atoms with van der Waals surface area (Å²) in [5.41, 5.74) is 0.988. The topological polar surface area (TPSA) is 47.3 Å². The minimum Gasteiger partial charge on any atom is -0.390 e. The first-order valence-electron chi connectivity index (χ1n) is 7.60. The lowest BCUT2D eigenvalue weighted by Gasteiger charge is -2.17. The molecule has 1 aromatic heterocycles. The molecule has 1 saturated carbocycles. The summed E-state index contributed by atoms with van der Waals surface area (Å²) < 4.78 is 7.81. The van der Waals surface area contributed by atoms with Gasteiger partial charge in [-0.1, -0.05) is 12.8 Å². The molecule has 0 amide bonds. The number of aliphatic hydroxyl groups excluding tert-OH is 1. The number of hydrogen-bond acceptors (Lipinski definition) is 3. The van der Waals surface area contributed by atoms with E-state index >= 15 is 0 Å². The van der Waals surface area contributed by atoms with Crippen LogP contribution in [0.4, 0.5) is 0 Å². The van der Waals surface area contributed by atoms with Crippen LogP contribution in [0.1, 0.15) is 57.2 Å². The van der Waals surface area contributed by atoms with Crippen LogP contribution in [-0.4, -0.2) is 33.2 Å². The SMILES string of the molecule is CC1CCC(C(O)Cc2ccn(C3CCCC3)n2)O1. The Hall–Kier alpha value is -0.870. The van der Waals surface area contributed by atoms with Crippen LogP contribution < -0.4 is 0 Å². The van der Waals surface area contributed by atoms with Gasteiger partial charge in [0.1, 0.15) is 0 Å². The molecule has 0 radical (unpaired) electrons. The van der Waals surface area contributed by atoms with E-state index in [1.807, 2.05) is 6.07 Å². The summed E-state index contributed by atoms with van der Waals surface area (Å²) in [6.07, 6.45) is 9.67. The van der Waals surface area contributed by atoms with E-state index < -0.39 is 6.10 Å².